The van der Waals surface area contributed by atoms with Crippen molar-refractivity contribution in [3.05, 3.63) is 28.2 Å². The molecule has 0 amide bonds. The monoisotopic (exact) mass is 315 g/mol. The fourth-order valence-electron chi connectivity index (χ4n) is 2.56. The summed E-state index contributed by atoms with van der Waals surface area (Å²) in [7, 11) is 0. The van der Waals surface area contributed by atoms with Gasteiger partial charge in [0.1, 0.15) is 0 Å². The predicted molar refractivity (Wildman–Crippen MR) is 86.8 cm³/mol. The first kappa shape index (κ1) is 15.9. The Morgan fingerprint density at radius 1 is 1.25 bits per heavy atom. The molecule has 0 aliphatic heterocycles. The van der Waals surface area contributed by atoms with Gasteiger partial charge in [0.25, 0.3) is 0 Å². The summed E-state index contributed by atoms with van der Waals surface area (Å²) >= 11 is 12.1. The number of ether oxygens (including phenoxy) is 1. The summed E-state index contributed by atoms with van der Waals surface area (Å²) in [5.74, 6) is 0.574. The smallest absolute Gasteiger partial charge is 0.0665 e. The first-order valence-electron chi connectivity index (χ1n) is 7.13. The van der Waals surface area contributed by atoms with E-state index in [9.17, 15) is 0 Å². The zero-order valence-electron chi connectivity index (χ0n) is 12.5. The van der Waals surface area contributed by atoms with Crippen molar-refractivity contribution < 1.29 is 4.74 Å². The zero-order chi connectivity index (χ0) is 14.9. The van der Waals surface area contributed by atoms with Crippen molar-refractivity contribution in [1.29, 1.82) is 0 Å². The molecule has 0 radical (unpaired) electrons. The molecule has 0 saturated heterocycles. The molecule has 1 aromatic rings. The van der Waals surface area contributed by atoms with E-state index in [1.807, 2.05) is 12.1 Å². The molecule has 1 saturated carbocycles. The normalized spacial score (nSPS) is 24.6. The molecular weight excluding hydrogens is 293 g/mol. The third-order valence-electron chi connectivity index (χ3n) is 4.01. The van der Waals surface area contributed by atoms with Crippen molar-refractivity contribution in [3.63, 3.8) is 0 Å². The molecule has 2 atom stereocenters. The Morgan fingerprint density at radius 3 is 2.35 bits per heavy atom. The van der Waals surface area contributed by atoms with E-state index in [1.54, 1.807) is 6.07 Å². The maximum atomic E-state index is 6.03. The number of hydrogen-bond acceptors (Lipinski definition) is 2. The third kappa shape index (κ3) is 3.60. The molecule has 0 spiro atoms. The van der Waals surface area contributed by atoms with Crippen LogP contribution in [0.15, 0.2) is 18.2 Å². The highest BCUT2D eigenvalue weighted by Gasteiger charge is 2.49. The van der Waals surface area contributed by atoms with Crippen LogP contribution in [0.25, 0.3) is 0 Å². The molecule has 0 heterocycles. The van der Waals surface area contributed by atoms with Crippen molar-refractivity contribution in [1.82, 2.24) is 0 Å². The second kappa shape index (κ2) is 6.13. The van der Waals surface area contributed by atoms with Crippen LogP contribution in [0.1, 0.15) is 34.1 Å². The van der Waals surface area contributed by atoms with Gasteiger partial charge in [-0.25, -0.2) is 0 Å². The molecule has 0 aromatic heterocycles. The average Bonchev–Trinajstić information content (AvgIpc) is 2.31. The van der Waals surface area contributed by atoms with E-state index in [1.165, 1.54) is 0 Å². The van der Waals surface area contributed by atoms with Crippen LogP contribution in [0.5, 0.6) is 0 Å². The highest BCUT2D eigenvalue weighted by Crippen LogP contribution is 2.44. The molecular formula is C16H23Cl2NO. The van der Waals surface area contributed by atoms with Gasteiger partial charge in [0, 0.05) is 33.8 Å². The second-order valence-electron chi connectivity index (χ2n) is 6.63. The summed E-state index contributed by atoms with van der Waals surface area (Å²) in [5, 5.41) is 4.83. The van der Waals surface area contributed by atoms with E-state index in [4.69, 9.17) is 27.9 Å². The van der Waals surface area contributed by atoms with Crippen molar-refractivity contribution in [2.45, 2.75) is 46.3 Å². The number of hydrogen-bond donors (Lipinski definition) is 1. The average molecular weight is 316 g/mol. The summed E-state index contributed by atoms with van der Waals surface area (Å²) in [6.07, 6.45) is 1.33. The Morgan fingerprint density at radius 2 is 1.85 bits per heavy atom. The molecule has 0 bridgehead atoms. The molecule has 2 unspecified atom stereocenters. The minimum absolute atomic E-state index is 0.115. The number of benzene rings is 1. The summed E-state index contributed by atoms with van der Waals surface area (Å²) in [6.45, 7) is 9.66. The number of anilines is 1. The zero-order valence-corrected chi connectivity index (χ0v) is 14.1. The van der Waals surface area contributed by atoms with E-state index in [-0.39, 0.29) is 5.41 Å². The Balaban J connectivity index is 1.95. The molecule has 4 heteroatoms. The molecule has 1 aliphatic rings. The number of nitrogens with one attached hydrogen (secondary N) is 1. The highest BCUT2D eigenvalue weighted by atomic mass is 35.5. The van der Waals surface area contributed by atoms with Gasteiger partial charge < -0.3 is 10.1 Å². The summed E-state index contributed by atoms with van der Waals surface area (Å²) in [4.78, 5) is 0. The molecule has 20 heavy (non-hydrogen) atoms. The predicted octanol–water partition coefficient (Wildman–Crippen LogP) is 5.25. The quantitative estimate of drug-likeness (QED) is 0.801. The first-order chi connectivity index (χ1) is 9.29. The van der Waals surface area contributed by atoms with Gasteiger partial charge in [0.2, 0.25) is 0 Å². The van der Waals surface area contributed by atoms with Gasteiger partial charge in [-0.15, -0.1) is 0 Å². The second-order valence-corrected chi connectivity index (χ2v) is 7.50. The minimum atomic E-state index is 0.115. The minimum Gasteiger partial charge on any atom is -0.381 e. The maximum Gasteiger partial charge on any atom is 0.0665 e. The molecule has 1 N–H and O–H groups in total. The summed E-state index contributed by atoms with van der Waals surface area (Å²) in [6, 6.07) is 5.95. The van der Waals surface area contributed by atoms with Crippen LogP contribution in [0, 0.1) is 11.3 Å². The standard InChI is InChI=1S/C16H23Cl2NO/c1-10(2)9-20-15-8-14(16(15,3)4)19-13-6-11(17)5-12(18)7-13/h5-7,10,14-15,19H,8-9H2,1-4H3. The molecule has 2 nitrogen and oxygen atoms in total. The fraction of sp³-hybridized carbons (Fsp3) is 0.625. The highest BCUT2D eigenvalue weighted by molar-refractivity contribution is 6.35. The SMILES string of the molecule is CC(C)COC1CC(Nc2cc(Cl)cc(Cl)c2)C1(C)C. The van der Waals surface area contributed by atoms with Gasteiger partial charge in [0.15, 0.2) is 0 Å². The van der Waals surface area contributed by atoms with Crippen molar-refractivity contribution in [3.8, 4) is 0 Å². The van der Waals surface area contributed by atoms with Crippen LogP contribution in [-0.2, 0) is 4.74 Å². The van der Waals surface area contributed by atoms with E-state index >= 15 is 0 Å². The lowest BCUT2D eigenvalue weighted by Crippen LogP contribution is -2.58. The molecule has 1 aliphatic carbocycles. The number of rotatable bonds is 5. The van der Waals surface area contributed by atoms with Crippen molar-refractivity contribution >= 4 is 28.9 Å². The van der Waals surface area contributed by atoms with Gasteiger partial charge in [-0.3, -0.25) is 0 Å². The van der Waals surface area contributed by atoms with Gasteiger partial charge >= 0.3 is 0 Å². The van der Waals surface area contributed by atoms with Crippen LogP contribution in [0.4, 0.5) is 5.69 Å². The van der Waals surface area contributed by atoms with Crippen LogP contribution < -0.4 is 5.32 Å². The van der Waals surface area contributed by atoms with E-state index in [2.05, 4.69) is 33.0 Å². The number of halogens is 2. The Bertz CT molecular complexity index is 453. The van der Waals surface area contributed by atoms with Crippen LogP contribution in [0.2, 0.25) is 10.0 Å². The van der Waals surface area contributed by atoms with Gasteiger partial charge in [-0.05, 0) is 30.5 Å². The Kier molecular flexibility index (Phi) is 4.88. The Labute approximate surface area is 131 Å². The third-order valence-corrected chi connectivity index (χ3v) is 4.45. The maximum absolute atomic E-state index is 6.03. The van der Waals surface area contributed by atoms with Gasteiger partial charge in [-0.2, -0.15) is 0 Å². The largest absolute Gasteiger partial charge is 0.381 e. The van der Waals surface area contributed by atoms with E-state index in [0.29, 0.717) is 28.1 Å². The van der Waals surface area contributed by atoms with Gasteiger partial charge in [-0.1, -0.05) is 50.9 Å². The molecule has 2 rings (SSSR count). The first-order valence-corrected chi connectivity index (χ1v) is 7.89. The van der Waals surface area contributed by atoms with Gasteiger partial charge in [0.05, 0.1) is 6.10 Å². The molecule has 112 valence electrons. The summed E-state index contributed by atoms with van der Waals surface area (Å²) in [5.41, 5.74) is 1.09. The van der Waals surface area contributed by atoms with Crippen LogP contribution in [0.3, 0.4) is 0 Å². The fourth-order valence-corrected chi connectivity index (χ4v) is 3.09. The van der Waals surface area contributed by atoms with E-state index < -0.39 is 0 Å². The van der Waals surface area contributed by atoms with Crippen molar-refractivity contribution in [2.24, 2.45) is 11.3 Å². The molecule has 1 aromatic carbocycles. The lowest BCUT2D eigenvalue weighted by molar-refractivity contribution is -0.108. The molecule has 1 fully saturated rings. The lowest BCUT2D eigenvalue weighted by atomic mass is 9.64. The Hall–Kier alpha value is -0.440. The van der Waals surface area contributed by atoms with Crippen molar-refractivity contribution in [2.75, 3.05) is 11.9 Å². The summed E-state index contributed by atoms with van der Waals surface area (Å²) < 4.78 is 5.98. The van der Waals surface area contributed by atoms with E-state index in [0.717, 1.165) is 18.7 Å². The topological polar surface area (TPSA) is 21.3 Å². The lowest BCUT2D eigenvalue weighted by Gasteiger charge is -2.52. The van der Waals surface area contributed by atoms with Crippen LogP contribution >= 0.6 is 23.2 Å². The van der Waals surface area contributed by atoms with Crippen LogP contribution in [-0.4, -0.2) is 18.8 Å².